The molecule has 2 aromatic heterocycles. The van der Waals surface area contributed by atoms with Crippen molar-refractivity contribution in [3.63, 3.8) is 0 Å². The van der Waals surface area contributed by atoms with Gasteiger partial charge in [-0.15, -0.1) is 0 Å². The van der Waals surface area contributed by atoms with Crippen molar-refractivity contribution in [2.45, 2.75) is 64.8 Å². The molecular weight excluding hydrogens is 594 g/mol. The van der Waals surface area contributed by atoms with Gasteiger partial charge in [-0.25, -0.2) is 4.79 Å². The molecule has 1 unspecified atom stereocenters. The molecule has 0 bridgehead atoms. The number of likely N-dealkylation sites (tertiary alicyclic amines) is 1. The number of likely N-dealkylation sites (N-methyl/N-ethyl adjacent to an activating group) is 1. The second kappa shape index (κ2) is 11.5. The summed E-state index contributed by atoms with van der Waals surface area (Å²) in [6.45, 7) is 11.6. The molecule has 238 valence electrons. The van der Waals surface area contributed by atoms with Crippen LogP contribution in [0.15, 0.2) is 24.4 Å². The summed E-state index contributed by atoms with van der Waals surface area (Å²) in [7, 11) is 2.09. The molecule has 12 heteroatoms. The van der Waals surface area contributed by atoms with E-state index in [-0.39, 0.29) is 18.3 Å². The van der Waals surface area contributed by atoms with Crippen molar-refractivity contribution < 1.29 is 19.0 Å². The number of hydrogen-bond donors (Lipinski definition) is 1. The molecule has 3 fully saturated rings. The third kappa shape index (κ3) is 6.07. The minimum absolute atomic E-state index is 0.00851. The summed E-state index contributed by atoms with van der Waals surface area (Å²) >= 11 is 7.23. The first-order valence-electron chi connectivity index (χ1n) is 15.8. The van der Waals surface area contributed by atoms with Gasteiger partial charge < -0.3 is 28.9 Å². The number of aromatic nitrogens is 4. The van der Waals surface area contributed by atoms with Crippen molar-refractivity contribution in [2.24, 2.45) is 0 Å². The number of halogens is 1. The molecule has 1 atom stereocenters. The molecule has 0 spiro atoms. The van der Waals surface area contributed by atoms with Crippen LogP contribution in [0.25, 0.3) is 32.9 Å². The fourth-order valence-electron chi connectivity index (χ4n) is 6.19. The Kier molecular flexibility index (Phi) is 7.64. The summed E-state index contributed by atoms with van der Waals surface area (Å²) in [4.78, 5) is 29.0. The monoisotopic (exact) mass is 633 g/mol. The third-order valence-corrected chi connectivity index (χ3v) is 8.90. The molecule has 45 heavy (non-hydrogen) atoms. The van der Waals surface area contributed by atoms with E-state index in [0.717, 1.165) is 71.1 Å². The molecule has 4 heterocycles. The maximum Gasteiger partial charge on any atom is 0.410 e. The summed E-state index contributed by atoms with van der Waals surface area (Å²) in [6, 6.07) is 6.36. The predicted molar refractivity (Wildman–Crippen MR) is 175 cm³/mol. The second-order valence-electron chi connectivity index (χ2n) is 13.4. The van der Waals surface area contributed by atoms with Gasteiger partial charge in [0.05, 0.1) is 22.8 Å². The molecule has 2 saturated heterocycles. The van der Waals surface area contributed by atoms with Crippen LogP contribution in [0.5, 0.6) is 11.8 Å². The summed E-state index contributed by atoms with van der Waals surface area (Å²) in [5.74, 6) is 1.36. The van der Waals surface area contributed by atoms with Crippen LogP contribution in [0.1, 0.15) is 45.6 Å². The van der Waals surface area contributed by atoms with Crippen LogP contribution >= 0.6 is 11.6 Å². The van der Waals surface area contributed by atoms with Gasteiger partial charge in [-0.1, -0.05) is 17.7 Å². The molecule has 11 nitrogen and oxygen atoms in total. The maximum atomic E-state index is 12.8. The van der Waals surface area contributed by atoms with Gasteiger partial charge in [0.2, 0.25) is 0 Å². The summed E-state index contributed by atoms with van der Waals surface area (Å²) in [5, 5.41) is 9.71. The first-order chi connectivity index (χ1) is 21.5. The van der Waals surface area contributed by atoms with Crippen molar-refractivity contribution in [3.8, 4) is 22.9 Å². The van der Waals surface area contributed by atoms with Crippen LogP contribution in [-0.4, -0.2) is 100 Å². The Morgan fingerprint density at radius 3 is 2.44 bits per heavy atom. The van der Waals surface area contributed by atoms with E-state index in [1.165, 1.54) is 0 Å². The Morgan fingerprint density at radius 1 is 0.978 bits per heavy atom. The maximum absolute atomic E-state index is 12.8. The SMILES string of the molecule is Cc1ccc2[nH]ncc2c1-c1c(Cl)cc2c(N3CCN(C(=O)OC(C)(C)C)CC3)nc(OC3CCN(C)C3)nc2c1OC1CC1. The average molecular weight is 634 g/mol. The number of piperazine rings is 1. The molecule has 2 aliphatic heterocycles. The number of benzene rings is 2. The van der Waals surface area contributed by atoms with Gasteiger partial charge in [0, 0.05) is 61.2 Å². The zero-order chi connectivity index (χ0) is 31.5. The molecule has 4 aromatic rings. The van der Waals surface area contributed by atoms with Crippen LogP contribution in [0.2, 0.25) is 5.02 Å². The van der Waals surface area contributed by atoms with Crippen LogP contribution in [0.4, 0.5) is 10.6 Å². The number of aryl methyl sites for hydroxylation is 1. The number of H-pyrrole nitrogens is 1. The smallest absolute Gasteiger partial charge is 0.410 e. The number of rotatable bonds is 6. The number of carbonyl (C=O) groups excluding carboxylic acids is 1. The Balaban J connectivity index is 1.35. The summed E-state index contributed by atoms with van der Waals surface area (Å²) in [5.41, 5.74) is 3.86. The minimum atomic E-state index is -0.552. The van der Waals surface area contributed by atoms with Crippen LogP contribution in [0.3, 0.4) is 0 Å². The molecule has 7 rings (SSSR count). The van der Waals surface area contributed by atoms with Crippen molar-refractivity contribution >= 4 is 45.3 Å². The van der Waals surface area contributed by atoms with Crippen molar-refractivity contribution in [2.75, 3.05) is 51.2 Å². The van der Waals surface area contributed by atoms with E-state index in [1.807, 2.05) is 39.1 Å². The Bertz CT molecular complexity index is 1760. The highest BCUT2D eigenvalue weighted by Crippen LogP contribution is 2.48. The summed E-state index contributed by atoms with van der Waals surface area (Å²) < 4.78 is 18.8. The highest BCUT2D eigenvalue weighted by molar-refractivity contribution is 6.35. The second-order valence-corrected chi connectivity index (χ2v) is 13.8. The number of carbonyl (C=O) groups is 1. The van der Waals surface area contributed by atoms with Gasteiger partial charge >= 0.3 is 12.1 Å². The zero-order valence-corrected chi connectivity index (χ0v) is 27.3. The van der Waals surface area contributed by atoms with E-state index in [4.69, 9.17) is 35.8 Å². The first-order valence-corrected chi connectivity index (χ1v) is 16.1. The van der Waals surface area contributed by atoms with Crippen LogP contribution in [0, 0.1) is 6.92 Å². The highest BCUT2D eigenvalue weighted by atomic mass is 35.5. The normalized spacial score (nSPS) is 19.5. The minimum Gasteiger partial charge on any atom is -0.487 e. The lowest BCUT2D eigenvalue weighted by Crippen LogP contribution is -2.50. The lowest BCUT2D eigenvalue weighted by atomic mass is 9.94. The van der Waals surface area contributed by atoms with E-state index in [1.54, 1.807) is 4.90 Å². The molecule has 1 amide bonds. The number of hydrogen-bond acceptors (Lipinski definition) is 9. The lowest BCUT2D eigenvalue weighted by Gasteiger charge is -2.36. The number of nitrogens with one attached hydrogen (secondary N) is 1. The zero-order valence-electron chi connectivity index (χ0n) is 26.5. The van der Waals surface area contributed by atoms with Crippen molar-refractivity contribution in [1.29, 1.82) is 0 Å². The van der Waals surface area contributed by atoms with Gasteiger partial charge in [0.25, 0.3) is 0 Å². The van der Waals surface area contributed by atoms with Crippen molar-refractivity contribution in [1.82, 2.24) is 30.0 Å². The van der Waals surface area contributed by atoms with Gasteiger partial charge in [-0.3, -0.25) is 5.10 Å². The van der Waals surface area contributed by atoms with E-state index in [0.29, 0.717) is 48.5 Å². The number of aromatic amines is 1. The highest BCUT2D eigenvalue weighted by Gasteiger charge is 2.33. The molecule has 1 N–H and O–H groups in total. The van der Waals surface area contributed by atoms with E-state index < -0.39 is 5.60 Å². The number of amides is 1. The Labute approximate surface area is 267 Å². The predicted octanol–water partition coefficient (Wildman–Crippen LogP) is 5.82. The van der Waals surface area contributed by atoms with E-state index in [9.17, 15) is 4.79 Å². The summed E-state index contributed by atoms with van der Waals surface area (Å²) in [6.07, 6.45) is 4.47. The topological polar surface area (TPSA) is 109 Å². The molecule has 0 radical (unpaired) electrons. The third-order valence-electron chi connectivity index (χ3n) is 8.60. The molecule has 1 aliphatic carbocycles. The average Bonchev–Trinajstić information content (AvgIpc) is 3.51. The first kappa shape index (κ1) is 29.9. The number of ether oxygens (including phenoxy) is 3. The Hall–Kier alpha value is -3.83. The van der Waals surface area contributed by atoms with Gasteiger partial charge in [-0.05, 0) is 71.7 Å². The van der Waals surface area contributed by atoms with Gasteiger partial charge in [0.15, 0.2) is 5.75 Å². The van der Waals surface area contributed by atoms with Crippen LogP contribution in [-0.2, 0) is 4.74 Å². The fraction of sp³-hybridized carbons (Fsp3) is 0.515. The quantitative estimate of drug-likeness (QED) is 0.281. The number of nitrogens with zero attached hydrogens (tertiary/aromatic N) is 6. The molecule has 2 aromatic carbocycles. The van der Waals surface area contributed by atoms with Gasteiger partial charge in [0.1, 0.15) is 23.0 Å². The van der Waals surface area contributed by atoms with E-state index in [2.05, 4.69) is 40.0 Å². The number of anilines is 1. The molecule has 1 saturated carbocycles. The standard InChI is InChI=1S/C33H40ClN7O4/c1-19-6-9-25-23(17-35-38-25)26(19)27-24(34)16-22-28(29(27)43-20-7-8-20)36-31(44-21-10-11-39(5)18-21)37-30(22)40-12-14-41(15-13-40)32(42)45-33(2,3)4/h6,9,16-17,20-21H,7-8,10-15,18H2,1-5H3,(H,35,38). The number of fused-ring (bicyclic) bond motifs is 2. The lowest BCUT2D eigenvalue weighted by molar-refractivity contribution is 0.0240. The Morgan fingerprint density at radius 2 is 1.76 bits per heavy atom. The molecular formula is C33H40ClN7O4. The van der Waals surface area contributed by atoms with Crippen molar-refractivity contribution in [3.05, 3.63) is 35.0 Å². The van der Waals surface area contributed by atoms with Crippen LogP contribution < -0.4 is 14.4 Å². The fourth-order valence-corrected chi connectivity index (χ4v) is 6.48. The molecule has 3 aliphatic rings. The van der Waals surface area contributed by atoms with Gasteiger partial charge in [-0.2, -0.15) is 15.1 Å². The largest absolute Gasteiger partial charge is 0.487 e. The van der Waals surface area contributed by atoms with E-state index >= 15 is 0 Å².